The summed E-state index contributed by atoms with van der Waals surface area (Å²) >= 11 is 0. The summed E-state index contributed by atoms with van der Waals surface area (Å²) in [5.41, 5.74) is 4.57. The highest BCUT2D eigenvalue weighted by Gasteiger charge is 2.32. The van der Waals surface area contributed by atoms with Gasteiger partial charge in [-0.1, -0.05) is 68.3 Å². The average Bonchev–Trinajstić information content (AvgIpc) is 3.56. The minimum atomic E-state index is -0.900. The van der Waals surface area contributed by atoms with Crippen molar-refractivity contribution in [2.24, 2.45) is 11.8 Å². The minimum Gasteiger partial charge on any atom is -0.481 e. The van der Waals surface area contributed by atoms with Gasteiger partial charge in [0.15, 0.2) is 0 Å². The maximum absolute atomic E-state index is 12.7. The van der Waals surface area contributed by atoms with Crippen LogP contribution in [0.5, 0.6) is 0 Å². The number of carbonyl (C=O) groups excluding carboxylic acids is 2. The number of amides is 2. The molecule has 2 aliphatic carbocycles. The maximum Gasteiger partial charge on any atom is 0.407 e. The van der Waals surface area contributed by atoms with E-state index < -0.39 is 18.1 Å². The highest BCUT2D eigenvalue weighted by Crippen LogP contribution is 2.44. The van der Waals surface area contributed by atoms with Crippen molar-refractivity contribution in [1.29, 1.82) is 0 Å². The monoisotopic (exact) mass is 450 g/mol. The first-order valence-electron chi connectivity index (χ1n) is 11.5. The lowest BCUT2D eigenvalue weighted by Gasteiger charge is -2.20. The lowest BCUT2D eigenvalue weighted by molar-refractivity contribution is -0.138. The third-order valence-electron chi connectivity index (χ3n) is 6.37. The van der Waals surface area contributed by atoms with Crippen LogP contribution in [0.3, 0.4) is 0 Å². The molecular weight excluding hydrogens is 420 g/mol. The molecule has 4 rings (SSSR count). The predicted molar refractivity (Wildman–Crippen MR) is 124 cm³/mol. The molecule has 0 aromatic heterocycles. The number of alkyl carbamates (subject to hydrolysis) is 1. The molecule has 2 aliphatic rings. The number of fused-ring (bicyclic) bond motifs is 3. The number of rotatable bonds is 10. The molecule has 3 N–H and O–H groups in total. The molecule has 33 heavy (non-hydrogen) atoms. The zero-order valence-corrected chi connectivity index (χ0v) is 18.8. The van der Waals surface area contributed by atoms with Crippen molar-refractivity contribution in [2.45, 2.75) is 44.6 Å². The Labute approximate surface area is 193 Å². The van der Waals surface area contributed by atoms with Crippen molar-refractivity contribution in [3.63, 3.8) is 0 Å². The zero-order valence-electron chi connectivity index (χ0n) is 18.8. The Balaban J connectivity index is 1.35. The molecular formula is C26H30N2O5. The van der Waals surface area contributed by atoms with Gasteiger partial charge >= 0.3 is 12.1 Å². The Bertz CT molecular complexity index is 987. The number of hydrogen-bond acceptors (Lipinski definition) is 4. The summed E-state index contributed by atoms with van der Waals surface area (Å²) in [5, 5.41) is 14.4. The highest BCUT2D eigenvalue weighted by atomic mass is 16.5. The Morgan fingerprint density at radius 1 is 1.03 bits per heavy atom. The summed E-state index contributed by atoms with van der Waals surface area (Å²) < 4.78 is 5.59. The summed E-state index contributed by atoms with van der Waals surface area (Å²) in [5.74, 6) is -1.01. The van der Waals surface area contributed by atoms with Gasteiger partial charge in [-0.05, 0) is 40.5 Å². The second-order valence-electron chi connectivity index (χ2n) is 9.15. The molecule has 2 atom stereocenters. The van der Waals surface area contributed by atoms with E-state index in [1.54, 1.807) is 6.92 Å². The number of carboxylic acid groups (broad SMARTS) is 1. The third-order valence-corrected chi connectivity index (χ3v) is 6.37. The van der Waals surface area contributed by atoms with Gasteiger partial charge in [0, 0.05) is 18.9 Å². The molecule has 2 amide bonds. The summed E-state index contributed by atoms with van der Waals surface area (Å²) in [4.78, 5) is 36.2. The summed E-state index contributed by atoms with van der Waals surface area (Å²) in [6, 6.07) is 15.6. The van der Waals surface area contributed by atoms with E-state index in [9.17, 15) is 14.4 Å². The van der Waals surface area contributed by atoms with Gasteiger partial charge in [0.25, 0.3) is 0 Å². The van der Waals surface area contributed by atoms with E-state index >= 15 is 0 Å². The number of carbonyl (C=O) groups is 3. The molecule has 2 unspecified atom stereocenters. The first kappa shape index (κ1) is 22.8. The van der Waals surface area contributed by atoms with Crippen LogP contribution >= 0.6 is 0 Å². The van der Waals surface area contributed by atoms with Crippen LogP contribution in [0.1, 0.15) is 49.7 Å². The van der Waals surface area contributed by atoms with Crippen molar-refractivity contribution in [3.05, 3.63) is 59.7 Å². The van der Waals surface area contributed by atoms with Crippen LogP contribution in [0.25, 0.3) is 11.1 Å². The van der Waals surface area contributed by atoms with E-state index in [1.165, 1.54) is 0 Å². The SMILES string of the molecule is CC(CNC(=O)C(CC1CC1)NC(=O)OCC1c2ccccc2-c2ccccc21)CC(=O)O. The minimum absolute atomic E-state index is 0.0205. The van der Waals surface area contributed by atoms with Crippen molar-refractivity contribution in [3.8, 4) is 11.1 Å². The Hall–Kier alpha value is -3.35. The molecule has 7 nitrogen and oxygen atoms in total. The fourth-order valence-corrected chi connectivity index (χ4v) is 4.47. The molecule has 0 saturated heterocycles. The van der Waals surface area contributed by atoms with Crippen LogP contribution in [-0.4, -0.2) is 42.3 Å². The Morgan fingerprint density at radius 2 is 1.64 bits per heavy atom. The average molecular weight is 451 g/mol. The van der Waals surface area contributed by atoms with E-state index in [0.29, 0.717) is 12.3 Å². The van der Waals surface area contributed by atoms with Gasteiger partial charge in [0.1, 0.15) is 12.6 Å². The number of carboxylic acids is 1. The van der Waals surface area contributed by atoms with Crippen LogP contribution in [-0.2, 0) is 14.3 Å². The first-order chi connectivity index (χ1) is 15.9. The maximum atomic E-state index is 12.7. The van der Waals surface area contributed by atoms with Gasteiger partial charge in [-0.15, -0.1) is 0 Å². The van der Waals surface area contributed by atoms with Gasteiger partial charge in [-0.25, -0.2) is 4.79 Å². The van der Waals surface area contributed by atoms with Gasteiger partial charge in [-0.2, -0.15) is 0 Å². The van der Waals surface area contributed by atoms with Crippen LogP contribution in [0.15, 0.2) is 48.5 Å². The van der Waals surface area contributed by atoms with Gasteiger partial charge < -0.3 is 20.5 Å². The van der Waals surface area contributed by atoms with Gasteiger partial charge in [0.05, 0.1) is 0 Å². The van der Waals surface area contributed by atoms with Gasteiger partial charge in [0.2, 0.25) is 5.91 Å². The molecule has 1 fully saturated rings. The molecule has 0 aliphatic heterocycles. The van der Waals surface area contributed by atoms with Crippen LogP contribution in [0.2, 0.25) is 0 Å². The van der Waals surface area contributed by atoms with Gasteiger partial charge in [-0.3, -0.25) is 9.59 Å². The second kappa shape index (κ2) is 10.1. The standard InChI is InChI=1S/C26H30N2O5/c1-16(12-24(29)30)14-27-25(31)23(13-17-10-11-17)28-26(32)33-15-22-20-8-4-2-6-18(20)19-7-3-5-9-21(19)22/h2-9,16-17,22-23H,10-15H2,1H3,(H,27,31)(H,28,32)(H,29,30). The molecule has 174 valence electrons. The van der Waals surface area contributed by atoms with Crippen molar-refractivity contribution in [2.75, 3.05) is 13.2 Å². The van der Waals surface area contributed by atoms with Crippen LogP contribution in [0.4, 0.5) is 4.79 Å². The quantitative estimate of drug-likeness (QED) is 0.509. The van der Waals surface area contributed by atoms with Crippen LogP contribution < -0.4 is 10.6 Å². The fraction of sp³-hybridized carbons (Fsp3) is 0.423. The lowest BCUT2D eigenvalue weighted by atomic mass is 9.98. The largest absolute Gasteiger partial charge is 0.481 e. The Morgan fingerprint density at radius 3 is 2.21 bits per heavy atom. The number of nitrogens with one attached hydrogen (secondary N) is 2. The molecule has 0 spiro atoms. The molecule has 0 radical (unpaired) electrons. The number of aliphatic carboxylic acids is 1. The van der Waals surface area contributed by atoms with Crippen molar-refractivity contribution >= 4 is 18.0 Å². The van der Waals surface area contributed by atoms with E-state index in [0.717, 1.165) is 35.1 Å². The predicted octanol–water partition coefficient (Wildman–Crippen LogP) is 3.92. The van der Waals surface area contributed by atoms with E-state index in [4.69, 9.17) is 9.84 Å². The van der Waals surface area contributed by atoms with E-state index in [2.05, 4.69) is 34.9 Å². The van der Waals surface area contributed by atoms with E-state index in [-0.39, 0.29) is 37.3 Å². The lowest BCUT2D eigenvalue weighted by Crippen LogP contribution is -2.48. The molecule has 2 aromatic carbocycles. The topological polar surface area (TPSA) is 105 Å². The third kappa shape index (κ3) is 5.72. The number of hydrogen-bond donors (Lipinski definition) is 3. The molecule has 0 bridgehead atoms. The number of ether oxygens (including phenoxy) is 1. The fourth-order valence-electron chi connectivity index (χ4n) is 4.47. The van der Waals surface area contributed by atoms with Crippen molar-refractivity contribution < 1.29 is 24.2 Å². The highest BCUT2D eigenvalue weighted by molar-refractivity contribution is 5.86. The van der Waals surface area contributed by atoms with Crippen LogP contribution in [0, 0.1) is 11.8 Å². The molecule has 1 saturated carbocycles. The molecule has 0 heterocycles. The van der Waals surface area contributed by atoms with E-state index in [1.807, 2.05) is 24.3 Å². The first-order valence-corrected chi connectivity index (χ1v) is 11.5. The smallest absolute Gasteiger partial charge is 0.407 e. The molecule has 7 heteroatoms. The zero-order chi connectivity index (χ0) is 23.4. The van der Waals surface area contributed by atoms with Crippen molar-refractivity contribution in [1.82, 2.24) is 10.6 Å². The second-order valence-corrected chi connectivity index (χ2v) is 9.15. The Kier molecular flexibility index (Phi) is 6.96. The summed E-state index contributed by atoms with van der Waals surface area (Å²) in [6.07, 6.45) is 2.02. The summed E-state index contributed by atoms with van der Waals surface area (Å²) in [6.45, 7) is 2.20. The summed E-state index contributed by atoms with van der Waals surface area (Å²) in [7, 11) is 0. The number of benzene rings is 2. The normalized spacial score (nSPS) is 16.3. The molecule has 2 aromatic rings.